The molecule has 0 aromatic heterocycles. The van der Waals surface area contributed by atoms with Gasteiger partial charge in [0.1, 0.15) is 0 Å². The van der Waals surface area contributed by atoms with E-state index in [4.69, 9.17) is 0 Å². The van der Waals surface area contributed by atoms with Crippen molar-refractivity contribution in [2.75, 3.05) is 13.1 Å². The van der Waals surface area contributed by atoms with Crippen LogP contribution in [0.25, 0.3) is 0 Å². The van der Waals surface area contributed by atoms with Gasteiger partial charge in [-0.05, 0) is 44.2 Å². The van der Waals surface area contributed by atoms with Gasteiger partial charge in [-0.2, -0.15) is 0 Å². The maximum Gasteiger partial charge on any atom is 0.224 e. The monoisotopic (exact) mass is 338 g/mol. The largest absolute Gasteiger partial charge is 0.388 e. The molecule has 0 bridgehead atoms. The van der Waals surface area contributed by atoms with Crippen LogP contribution in [-0.2, 0) is 4.79 Å². The number of aliphatic hydroxyl groups is 1. The van der Waals surface area contributed by atoms with Crippen molar-refractivity contribution in [3.8, 4) is 0 Å². The summed E-state index contributed by atoms with van der Waals surface area (Å²) in [7, 11) is 0. The second-order valence-electron chi connectivity index (χ2n) is 6.54. The number of hydrogen-bond acceptors (Lipinski definition) is 3. The fourth-order valence-electron chi connectivity index (χ4n) is 3.74. The van der Waals surface area contributed by atoms with E-state index in [1.54, 1.807) is 0 Å². The molecule has 0 saturated carbocycles. The van der Waals surface area contributed by atoms with Crippen LogP contribution in [0.15, 0.2) is 30.3 Å². The van der Waals surface area contributed by atoms with Crippen molar-refractivity contribution in [3.05, 3.63) is 35.9 Å². The van der Waals surface area contributed by atoms with Gasteiger partial charge in [0, 0.05) is 25.0 Å². The first-order chi connectivity index (χ1) is 10.7. The number of hydrogen-bond donors (Lipinski definition) is 2. The molecule has 4 nitrogen and oxygen atoms in total. The molecule has 2 aliphatic heterocycles. The molecule has 3 rings (SSSR count). The molecule has 23 heavy (non-hydrogen) atoms. The predicted molar refractivity (Wildman–Crippen MR) is 93.6 cm³/mol. The van der Waals surface area contributed by atoms with Crippen molar-refractivity contribution in [1.29, 1.82) is 0 Å². The molecule has 1 aromatic rings. The Morgan fingerprint density at radius 2 is 2.04 bits per heavy atom. The maximum absolute atomic E-state index is 12.5. The summed E-state index contributed by atoms with van der Waals surface area (Å²) < 4.78 is 0. The number of benzene rings is 1. The minimum absolute atomic E-state index is 0. The third kappa shape index (κ3) is 4.69. The fourth-order valence-corrected chi connectivity index (χ4v) is 3.74. The molecule has 0 radical (unpaired) electrons. The van der Waals surface area contributed by atoms with Gasteiger partial charge in [-0.25, -0.2) is 0 Å². The zero-order chi connectivity index (χ0) is 15.4. The first-order valence-electron chi connectivity index (χ1n) is 8.50. The van der Waals surface area contributed by atoms with Crippen molar-refractivity contribution in [3.63, 3.8) is 0 Å². The molecule has 0 aliphatic carbocycles. The lowest BCUT2D eigenvalue weighted by atomic mass is 10.00. The smallest absolute Gasteiger partial charge is 0.224 e. The average molecular weight is 339 g/mol. The Labute approximate surface area is 144 Å². The van der Waals surface area contributed by atoms with Gasteiger partial charge in [0.15, 0.2) is 0 Å². The number of aliphatic hydroxyl groups excluding tert-OH is 1. The van der Waals surface area contributed by atoms with E-state index in [0.717, 1.165) is 37.9 Å². The highest BCUT2D eigenvalue weighted by atomic mass is 35.5. The number of halogens is 1. The van der Waals surface area contributed by atoms with Crippen LogP contribution in [0.3, 0.4) is 0 Å². The number of carbonyl (C=O) groups excluding carboxylic acids is 1. The molecule has 2 N–H and O–H groups in total. The highest BCUT2D eigenvalue weighted by Crippen LogP contribution is 2.28. The summed E-state index contributed by atoms with van der Waals surface area (Å²) >= 11 is 0. The highest BCUT2D eigenvalue weighted by Gasteiger charge is 2.32. The molecule has 0 spiro atoms. The molecule has 5 heteroatoms. The number of rotatable bonds is 5. The van der Waals surface area contributed by atoms with Gasteiger partial charge < -0.3 is 15.3 Å². The molecule has 1 amide bonds. The summed E-state index contributed by atoms with van der Waals surface area (Å²) in [5.41, 5.74) is 0.944. The fraction of sp³-hybridized carbons (Fsp3) is 0.611. The Morgan fingerprint density at radius 1 is 1.26 bits per heavy atom. The summed E-state index contributed by atoms with van der Waals surface area (Å²) in [6.45, 7) is 1.88. The molecule has 2 aliphatic rings. The van der Waals surface area contributed by atoms with E-state index in [-0.39, 0.29) is 24.4 Å². The van der Waals surface area contributed by atoms with Gasteiger partial charge in [-0.15, -0.1) is 12.4 Å². The van der Waals surface area contributed by atoms with E-state index in [0.29, 0.717) is 18.9 Å². The van der Waals surface area contributed by atoms with Crippen molar-refractivity contribution in [2.24, 2.45) is 0 Å². The zero-order valence-corrected chi connectivity index (χ0v) is 14.3. The van der Waals surface area contributed by atoms with E-state index in [1.165, 1.54) is 6.42 Å². The van der Waals surface area contributed by atoms with Crippen LogP contribution in [0, 0.1) is 0 Å². The minimum atomic E-state index is -0.482. The number of carbonyl (C=O) groups is 1. The Kier molecular flexibility index (Phi) is 6.88. The van der Waals surface area contributed by atoms with Crippen LogP contribution in [-0.4, -0.2) is 41.1 Å². The van der Waals surface area contributed by atoms with Crippen molar-refractivity contribution in [1.82, 2.24) is 10.2 Å². The van der Waals surface area contributed by atoms with E-state index >= 15 is 0 Å². The highest BCUT2D eigenvalue weighted by molar-refractivity contribution is 5.85. The first-order valence-corrected chi connectivity index (χ1v) is 8.50. The van der Waals surface area contributed by atoms with Crippen LogP contribution in [0.5, 0.6) is 0 Å². The Bertz CT molecular complexity index is 491. The van der Waals surface area contributed by atoms with Crippen LogP contribution in [0.2, 0.25) is 0 Å². The standard InChI is InChI=1S/C18H26N2O2.ClH/c21-17(14-6-2-1-3-7-14)13-16-9-5-11-20(16)18(22)12-15-8-4-10-19-15;/h1-3,6-7,15-17,19,21H,4-5,8-13H2;1H. The predicted octanol–water partition coefficient (Wildman–Crippen LogP) is 2.67. The van der Waals surface area contributed by atoms with Gasteiger partial charge in [0.25, 0.3) is 0 Å². The molecular formula is C18H27ClN2O2. The lowest BCUT2D eigenvalue weighted by molar-refractivity contribution is -0.133. The van der Waals surface area contributed by atoms with Crippen LogP contribution < -0.4 is 5.32 Å². The van der Waals surface area contributed by atoms with Gasteiger partial charge in [0.2, 0.25) is 5.91 Å². The van der Waals surface area contributed by atoms with Gasteiger partial charge in [-0.3, -0.25) is 4.79 Å². The van der Waals surface area contributed by atoms with Crippen molar-refractivity contribution < 1.29 is 9.90 Å². The van der Waals surface area contributed by atoms with Crippen molar-refractivity contribution in [2.45, 2.75) is 56.7 Å². The third-order valence-electron chi connectivity index (χ3n) is 4.96. The lowest BCUT2D eigenvalue weighted by Gasteiger charge is -2.28. The second kappa shape index (κ2) is 8.67. The Morgan fingerprint density at radius 3 is 2.74 bits per heavy atom. The van der Waals surface area contributed by atoms with E-state index in [1.807, 2.05) is 35.2 Å². The molecule has 2 fully saturated rings. The second-order valence-corrected chi connectivity index (χ2v) is 6.54. The lowest BCUT2D eigenvalue weighted by Crippen LogP contribution is -2.39. The molecular weight excluding hydrogens is 312 g/mol. The Hall–Kier alpha value is -1.10. The molecule has 3 atom stereocenters. The molecule has 3 unspecified atom stereocenters. The van der Waals surface area contributed by atoms with Crippen molar-refractivity contribution >= 4 is 18.3 Å². The summed E-state index contributed by atoms with van der Waals surface area (Å²) in [6.07, 6.45) is 5.12. The molecule has 2 saturated heterocycles. The third-order valence-corrected chi connectivity index (χ3v) is 4.96. The molecule has 1 aromatic carbocycles. The first kappa shape index (κ1) is 18.2. The summed E-state index contributed by atoms with van der Waals surface area (Å²) in [6, 6.07) is 10.3. The summed E-state index contributed by atoms with van der Waals surface area (Å²) in [4.78, 5) is 14.5. The van der Waals surface area contributed by atoms with E-state index in [9.17, 15) is 9.90 Å². The van der Waals surface area contributed by atoms with Crippen LogP contribution in [0.4, 0.5) is 0 Å². The maximum atomic E-state index is 12.5. The number of likely N-dealkylation sites (tertiary alicyclic amines) is 1. The molecule has 2 heterocycles. The Balaban J connectivity index is 0.00000192. The van der Waals surface area contributed by atoms with Crippen LogP contribution >= 0.6 is 12.4 Å². The number of amides is 1. The topological polar surface area (TPSA) is 52.6 Å². The van der Waals surface area contributed by atoms with Crippen LogP contribution in [0.1, 0.15) is 50.2 Å². The average Bonchev–Trinajstić information content (AvgIpc) is 3.19. The normalized spacial score (nSPS) is 25.2. The van der Waals surface area contributed by atoms with Gasteiger partial charge in [0.05, 0.1) is 6.10 Å². The van der Waals surface area contributed by atoms with Gasteiger partial charge in [-0.1, -0.05) is 30.3 Å². The minimum Gasteiger partial charge on any atom is -0.388 e. The zero-order valence-electron chi connectivity index (χ0n) is 13.5. The SMILES string of the molecule is Cl.O=C(CC1CCCN1)N1CCCC1CC(O)c1ccccc1. The molecule has 128 valence electrons. The van der Waals surface area contributed by atoms with Gasteiger partial charge >= 0.3 is 0 Å². The number of nitrogens with zero attached hydrogens (tertiary/aromatic N) is 1. The van der Waals surface area contributed by atoms with E-state index in [2.05, 4.69) is 5.32 Å². The summed E-state index contributed by atoms with van der Waals surface area (Å²) in [5.74, 6) is 0.252. The summed E-state index contributed by atoms with van der Waals surface area (Å²) in [5, 5.41) is 13.8. The number of nitrogens with one attached hydrogen (secondary N) is 1. The van der Waals surface area contributed by atoms with E-state index < -0.39 is 6.10 Å². The quantitative estimate of drug-likeness (QED) is 0.867.